The molecule has 0 unspecified atom stereocenters. The van der Waals surface area contributed by atoms with Crippen molar-refractivity contribution in [2.45, 2.75) is 13.8 Å². The van der Waals surface area contributed by atoms with Crippen molar-refractivity contribution in [3.63, 3.8) is 0 Å². The van der Waals surface area contributed by atoms with Crippen LogP contribution in [0, 0.1) is 6.92 Å². The van der Waals surface area contributed by atoms with Gasteiger partial charge in [-0.2, -0.15) is 5.10 Å². The van der Waals surface area contributed by atoms with E-state index >= 15 is 0 Å². The molecule has 0 atom stereocenters. The minimum Gasteiger partial charge on any atom is -0.386 e. The van der Waals surface area contributed by atoms with Gasteiger partial charge in [-0.15, -0.1) is 0 Å². The summed E-state index contributed by atoms with van der Waals surface area (Å²) in [6.07, 6.45) is 0. The van der Waals surface area contributed by atoms with Gasteiger partial charge in [-0.3, -0.25) is 4.79 Å². The number of hydrogen-bond donors (Lipinski definition) is 2. The zero-order valence-electron chi connectivity index (χ0n) is 8.24. The van der Waals surface area contributed by atoms with Crippen molar-refractivity contribution in [3.05, 3.63) is 35.4 Å². The van der Waals surface area contributed by atoms with Crippen molar-refractivity contribution in [2.24, 2.45) is 10.8 Å². The third kappa shape index (κ3) is 2.90. The maximum absolute atomic E-state index is 11.4. The second kappa shape index (κ2) is 4.41. The fraction of sp³-hybridized carbons (Fsp3) is 0.200. The average molecular weight is 191 g/mol. The van der Waals surface area contributed by atoms with Crippen molar-refractivity contribution in [2.75, 3.05) is 0 Å². The molecule has 14 heavy (non-hydrogen) atoms. The van der Waals surface area contributed by atoms with E-state index in [-0.39, 0.29) is 5.91 Å². The molecular formula is C10H13N3O. The molecule has 0 bridgehead atoms. The van der Waals surface area contributed by atoms with Gasteiger partial charge in [0.15, 0.2) is 0 Å². The van der Waals surface area contributed by atoms with E-state index in [2.05, 4.69) is 10.5 Å². The molecule has 1 aromatic carbocycles. The number of nitrogens with one attached hydrogen (secondary N) is 1. The highest BCUT2D eigenvalue weighted by atomic mass is 16.2. The van der Waals surface area contributed by atoms with E-state index in [1.807, 2.05) is 19.1 Å². The Morgan fingerprint density at radius 1 is 1.36 bits per heavy atom. The maximum atomic E-state index is 11.4. The van der Waals surface area contributed by atoms with E-state index in [0.29, 0.717) is 11.4 Å². The summed E-state index contributed by atoms with van der Waals surface area (Å²) >= 11 is 0. The smallest absolute Gasteiger partial charge is 0.271 e. The normalized spacial score (nSPS) is 11.1. The molecule has 0 spiro atoms. The molecule has 74 valence electrons. The molecule has 0 saturated carbocycles. The fourth-order valence-corrected chi connectivity index (χ4v) is 0.908. The number of hydrazone groups is 1. The molecule has 0 radical (unpaired) electrons. The molecule has 4 heteroatoms. The van der Waals surface area contributed by atoms with Crippen molar-refractivity contribution < 1.29 is 4.79 Å². The van der Waals surface area contributed by atoms with E-state index in [4.69, 9.17) is 5.73 Å². The molecule has 0 aromatic heterocycles. The summed E-state index contributed by atoms with van der Waals surface area (Å²) in [5.74, 6) is 0.0697. The zero-order chi connectivity index (χ0) is 10.6. The topological polar surface area (TPSA) is 67.5 Å². The Hall–Kier alpha value is -1.84. The van der Waals surface area contributed by atoms with Gasteiger partial charge < -0.3 is 5.73 Å². The van der Waals surface area contributed by atoms with Crippen molar-refractivity contribution in [3.8, 4) is 0 Å². The van der Waals surface area contributed by atoms with Crippen LogP contribution >= 0.6 is 0 Å². The second-order valence-corrected chi connectivity index (χ2v) is 3.06. The van der Waals surface area contributed by atoms with E-state index in [0.717, 1.165) is 5.56 Å². The van der Waals surface area contributed by atoms with Gasteiger partial charge in [0.1, 0.15) is 5.84 Å². The first kappa shape index (κ1) is 10.2. The average Bonchev–Trinajstić information content (AvgIpc) is 2.15. The summed E-state index contributed by atoms with van der Waals surface area (Å²) in [6.45, 7) is 3.57. The first-order valence-electron chi connectivity index (χ1n) is 4.26. The van der Waals surface area contributed by atoms with Crippen LogP contribution in [0.25, 0.3) is 0 Å². The van der Waals surface area contributed by atoms with Crippen molar-refractivity contribution in [1.82, 2.24) is 5.43 Å². The third-order valence-electron chi connectivity index (χ3n) is 1.65. The van der Waals surface area contributed by atoms with Crippen LogP contribution in [-0.2, 0) is 0 Å². The second-order valence-electron chi connectivity index (χ2n) is 3.06. The van der Waals surface area contributed by atoms with Crippen molar-refractivity contribution in [1.29, 1.82) is 0 Å². The molecule has 0 heterocycles. The van der Waals surface area contributed by atoms with Gasteiger partial charge in [-0.1, -0.05) is 17.7 Å². The molecule has 4 nitrogen and oxygen atoms in total. The molecule has 1 aromatic rings. The number of nitrogens with zero attached hydrogens (tertiary/aromatic N) is 1. The van der Waals surface area contributed by atoms with E-state index in [1.165, 1.54) is 0 Å². The van der Waals surface area contributed by atoms with Crippen LogP contribution in [0.5, 0.6) is 0 Å². The standard InChI is InChI=1S/C10H13N3O/c1-7-3-5-9(6-4-7)10(14)13-12-8(2)11/h3-6H,1-2H3,(H2,11,12)(H,13,14). The highest BCUT2D eigenvalue weighted by molar-refractivity contribution is 5.94. The molecule has 0 saturated heterocycles. The summed E-state index contributed by atoms with van der Waals surface area (Å²) in [5, 5.41) is 3.62. The molecule has 0 fully saturated rings. The summed E-state index contributed by atoms with van der Waals surface area (Å²) in [4.78, 5) is 11.4. The number of benzene rings is 1. The lowest BCUT2D eigenvalue weighted by Gasteiger charge is -2.00. The minimum atomic E-state index is -0.255. The van der Waals surface area contributed by atoms with Crippen LogP contribution in [0.15, 0.2) is 29.4 Å². The molecule has 1 amide bonds. The zero-order valence-corrected chi connectivity index (χ0v) is 8.24. The number of aryl methyl sites for hydroxylation is 1. The van der Waals surface area contributed by atoms with Crippen LogP contribution in [0.2, 0.25) is 0 Å². The maximum Gasteiger partial charge on any atom is 0.271 e. The Morgan fingerprint density at radius 2 is 1.93 bits per heavy atom. The Bertz CT molecular complexity index is 350. The number of carbonyl (C=O) groups is 1. The van der Waals surface area contributed by atoms with Gasteiger partial charge in [-0.05, 0) is 26.0 Å². The number of carbonyl (C=O) groups excluding carboxylic acids is 1. The van der Waals surface area contributed by atoms with Crippen LogP contribution in [-0.4, -0.2) is 11.7 Å². The number of rotatable bonds is 2. The van der Waals surface area contributed by atoms with Gasteiger partial charge in [0.25, 0.3) is 5.91 Å². The Balaban J connectivity index is 2.70. The van der Waals surface area contributed by atoms with Gasteiger partial charge in [0.05, 0.1) is 0 Å². The number of amidine groups is 1. The number of nitrogens with two attached hydrogens (primary N) is 1. The van der Waals surface area contributed by atoms with Crippen molar-refractivity contribution >= 4 is 11.7 Å². The lowest BCUT2D eigenvalue weighted by Crippen LogP contribution is -2.21. The van der Waals surface area contributed by atoms with Crippen LogP contribution in [0.4, 0.5) is 0 Å². The van der Waals surface area contributed by atoms with Crippen LogP contribution < -0.4 is 11.2 Å². The first-order chi connectivity index (χ1) is 6.59. The SMILES string of the molecule is C/C(N)=N/NC(=O)c1ccc(C)cc1. The molecule has 1 rings (SSSR count). The molecular weight excluding hydrogens is 178 g/mol. The lowest BCUT2D eigenvalue weighted by molar-refractivity contribution is 0.0954. The molecule has 0 aliphatic carbocycles. The van der Waals surface area contributed by atoms with Gasteiger partial charge in [-0.25, -0.2) is 5.43 Å². The lowest BCUT2D eigenvalue weighted by atomic mass is 10.1. The minimum absolute atomic E-state index is 0.255. The monoisotopic (exact) mass is 191 g/mol. The Morgan fingerprint density at radius 3 is 2.43 bits per heavy atom. The van der Waals surface area contributed by atoms with Crippen LogP contribution in [0.1, 0.15) is 22.8 Å². The first-order valence-corrected chi connectivity index (χ1v) is 4.26. The predicted molar refractivity (Wildman–Crippen MR) is 55.9 cm³/mol. The molecule has 3 N–H and O–H groups in total. The summed E-state index contributed by atoms with van der Waals surface area (Å²) in [5.41, 5.74) is 9.30. The summed E-state index contributed by atoms with van der Waals surface area (Å²) < 4.78 is 0. The van der Waals surface area contributed by atoms with Gasteiger partial charge >= 0.3 is 0 Å². The summed E-state index contributed by atoms with van der Waals surface area (Å²) in [6, 6.07) is 7.22. The number of amides is 1. The quantitative estimate of drug-likeness (QED) is 0.416. The fourth-order valence-electron chi connectivity index (χ4n) is 0.908. The Kier molecular flexibility index (Phi) is 3.23. The molecule has 0 aliphatic rings. The third-order valence-corrected chi connectivity index (χ3v) is 1.65. The van der Waals surface area contributed by atoms with Crippen LogP contribution in [0.3, 0.4) is 0 Å². The Labute approximate surface area is 82.8 Å². The van der Waals surface area contributed by atoms with Gasteiger partial charge in [0, 0.05) is 5.56 Å². The van der Waals surface area contributed by atoms with E-state index in [9.17, 15) is 4.79 Å². The summed E-state index contributed by atoms with van der Waals surface area (Å²) in [7, 11) is 0. The highest BCUT2D eigenvalue weighted by Crippen LogP contribution is 2.02. The van der Waals surface area contributed by atoms with Gasteiger partial charge in [0.2, 0.25) is 0 Å². The molecule has 0 aliphatic heterocycles. The predicted octanol–water partition coefficient (Wildman–Crippen LogP) is 1.02. The number of hydrogen-bond acceptors (Lipinski definition) is 2. The van der Waals surface area contributed by atoms with E-state index in [1.54, 1.807) is 19.1 Å². The highest BCUT2D eigenvalue weighted by Gasteiger charge is 2.02. The largest absolute Gasteiger partial charge is 0.386 e. The van der Waals surface area contributed by atoms with E-state index < -0.39 is 0 Å².